The van der Waals surface area contributed by atoms with Crippen molar-refractivity contribution in [2.75, 3.05) is 0 Å². The minimum Gasteiger partial charge on any atom is -0.353 e. The lowest BCUT2D eigenvalue weighted by Gasteiger charge is -1.91. The van der Waals surface area contributed by atoms with Gasteiger partial charge in [-0.05, 0) is 19.1 Å². The molecule has 2 radical (unpaired) electrons. The molecule has 0 atom stereocenters. The van der Waals surface area contributed by atoms with Crippen LogP contribution >= 0.6 is 0 Å². The predicted octanol–water partition coefficient (Wildman–Crippen LogP) is 0.124. The van der Waals surface area contributed by atoms with E-state index in [1.165, 1.54) is 0 Å². The molecular formula is C12H11BN2. The summed E-state index contributed by atoms with van der Waals surface area (Å²) in [7, 11) is 5.68. The highest BCUT2D eigenvalue weighted by atomic mass is 14.8. The van der Waals surface area contributed by atoms with E-state index in [9.17, 15) is 0 Å². The van der Waals surface area contributed by atoms with E-state index in [0.29, 0.717) is 5.46 Å². The molecule has 3 heteroatoms. The van der Waals surface area contributed by atoms with Gasteiger partial charge in [-0.2, -0.15) is 0 Å². The quantitative estimate of drug-likeness (QED) is 0.642. The Morgan fingerprint density at radius 3 is 3.00 bits per heavy atom. The summed E-state index contributed by atoms with van der Waals surface area (Å²) in [5.41, 5.74) is 2.56. The fourth-order valence-electron chi connectivity index (χ4n) is 1.67. The van der Waals surface area contributed by atoms with Crippen LogP contribution in [0.4, 0.5) is 0 Å². The molecule has 0 saturated heterocycles. The van der Waals surface area contributed by atoms with E-state index in [-0.39, 0.29) is 0 Å². The molecule has 0 saturated carbocycles. The lowest BCUT2D eigenvalue weighted by molar-refractivity contribution is 1.36. The zero-order valence-corrected chi connectivity index (χ0v) is 8.62. The Labute approximate surface area is 89.4 Å². The molecule has 0 aliphatic carbocycles. The van der Waals surface area contributed by atoms with E-state index in [1.807, 2.05) is 25.1 Å². The summed E-state index contributed by atoms with van der Waals surface area (Å²) in [5, 5.41) is 2.10. The second kappa shape index (κ2) is 3.77. The predicted molar refractivity (Wildman–Crippen MR) is 65.5 cm³/mol. The Morgan fingerprint density at radius 2 is 2.33 bits per heavy atom. The van der Waals surface area contributed by atoms with Crippen molar-refractivity contribution in [3.63, 3.8) is 0 Å². The van der Waals surface area contributed by atoms with Crippen LogP contribution in [-0.4, -0.2) is 17.8 Å². The van der Waals surface area contributed by atoms with Crippen molar-refractivity contribution in [2.24, 2.45) is 0 Å². The molecule has 2 heterocycles. The van der Waals surface area contributed by atoms with Crippen molar-refractivity contribution < 1.29 is 0 Å². The topological polar surface area (TPSA) is 28.7 Å². The zero-order chi connectivity index (χ0) is 10.8. The van der Waals surface area contributed by atoms with E-state index < -0.39 is 0 Å². The first-order chi connectivity index (χ1) is 7.26. The minimum absolute atomic E-state index is 0.663. The molecule has 0 unspecified atom stereocenters. The van der Waals surface area contributed by atoms with Gasteiger partial charge in [-0.25, -0.2) is 0 Å². The highest BCUT2D eigenvalue weighted by Gasteiger charge is 1.99. The van der Waals surface area contributed by atoms with E-state index in [4.69, 9.17) is 7.85 Å². The first-order valence-electron chi connectivity index (χ1n) is 4.78. The third-order valence-corrected chi connectivity index (χ3v) is 2.30. The van der Waals surface area contributed by atoms with Gasteiger partial charge in [0, 0.05) is 16.8 Å². The van der Waals surface area contributed by atoms with Crippen molar-refractivity contribution >= 4 is 36.5 Å². The molecule has 0 aliphatic rings. The van der Waals surface area contributed by atoms with Crippen LogP contribution < -0.4 is 16.0 Å². The maximum Gasteiger partial charge on any atom is 0.116 e. The summed E-state index contributed by atoms with van der Waals surface area (Å²) in [4.78, 5) is 7.57. The summed E-state index contributed by atoms with van der Waals surface area (Å²) >= 11 is 0. The molecule has 15 heavy (non-hydrogen) atoms. The zero-order valence-electron chi connectivity index (χ0n) is 8.62. The van der Waals surface area contributed by atoms with Crippen molar-refractivity contribution in [3.05, 3.63) is 35.5 Å². The van der Waals surface area contributed by atoms with Crippen LogP contribution in [0.3, 0.4) is 0 Å². The van der Waals surface area contributed by atoms with Crippen molar-refractivity contribution in [1.29, 1.82) is 0 Å². The number of H-pyrrole nitrogens is 1. The Morgan fingerprint density at radius 1 is 1.53 bits per heavy atom. The lowest BCUT2D eigenvalue weighted by Crippen LogP contribution is -2.22. The monoisotopic (exact) mass is 194 g/mol. The fraction of sp³-hybridized carbons (Fsp3) is 0.0833. The van der Waals surface area contributed by atoms with E-state index in [0.717, 1.165) is 21.6 Å². The number of hydrogen-bond donors (Lipinski definition) is 1. The van der Waals surface area contributed by atoms with E-state index >= 15 is 0 Å². The maximum atomic E-state index is 5.68. The molecule has 0 bridgehead atoms. The van der Waals surface area contributed by atoms with Gasteiger partial charge in [0.1, 0.15) is 7.85 Å². The fourth-order valence-corrected chi connectivity index (χ4v) is 1.67. The molecule has 0 fully saturated rings. The van der Waals surface area contributed by atoms with Gasteiger partial charge >= 0.3 is 0 Å². The SMILES string of the molecule is [B]c1cnc2c(=C/C)/c(=C\C=C)[nH]c2c1. The van der Waals surface area contributed by atoms with Gasteiger partial charge in [-0.1, -0.05) is 24.2 Å². The van der Waals surface area contributed by atoms with Gasteiger partial charge in [0.05, 0.1) is 11.0 Å². The summed E-state index contributed by atoms with van der Waals surface area (Å²) in [6.45, 7) is 5.67. The molecular weight excluding hydrogens is 183 g/mol. The molecule has 0 spiro atoms. The normalized spacial score (nSPS) is 13.7. The van der Waals surface area contributed by atoms with Gasteiger partial charge in [0.2, 0.25) is 0 Å². The molecule has 2 aromatic heterocycles. The van der Waals surface area contributed by atoms with E-state index in [1.54, 1.807) is 12.3 Å². The summed E-state index contributed by atoms with van der Waals surface area (Å²) in [6.07, 6.45) is 7.37. The van der Waals surface area contributed by atoms with E-state index in [2.05, 4.69) is 16.5 Å². The molecule has 0 aromatic carbocycles. The van der Waals surface area contributed by atoms with Gasteiger partial charge in [0.15, 0.2) is 0 Å². The number of aromatic amines is 1. The summed E-state index contributed by atoms with van der Waals surface area (Å²) in [5.74, 6) is 0. The highest BCUT2D eigenvalue weighted by molar-refractivity contribution is 6.32. The molecule has 2 aromatic rings. The van der Waals surface area contributed by atoms with Gasteiger partial charge in [-0.15, -0.1) is 0 Å². The third kappa shape index (κ3) is 1.61. The van der Waals surface area contributed by atoms with Crippen molar-refractivity contribution in [2.45, 2.75) is 6.92 Å². The third-order valence-electron chi connectivity index (χ3n) is 2.30. The van der Waals surface area contributed by atoms with Crippen LogP contribution in [0, 0.1) is 0 Å². The second-order valence-corrected chi connectivity index (χ2v) is 3.31. The average molecular weight is 194 g/mol. The van der Waals surface area contributed by atoms with Crippen LogP contribution in [0.1, 0.15) is 6.92 Å². The standard InChI is InChI=1S/C12H11BN2/c1-3-5-10-9(4-2)12-11(15-10)6-8(13)7-14-12/h3-7,15H,1H2,2H3/b9-4+,10-5+. The van der Waals surface area contributed by atoms with Crippen molar-refractivity contribution in [1.82, 2.24) is 9.97 Å². The lowest BCUT2D eigenvalue weighted by atomic mass is 9.98. The summed E-state index contributed by atoms with van der Waals surface area (Å²) in [6, 6.07) is 1.88. The molecule has 2 nitrogen and oxygen atoms in total. The maximum absolute atomic E-state index is 5.68. The summed E-state index contributed by atoms with van der Waals surface area (Å²) < 4.78 is 0. The first kappa shape index (κ1) is 9.78. The highest BCUT2D eigenvalue weighted by Crippen LogP contribution is 1.97. The van der Waals surface area contributed by atoms with Crippen LogP contribution in [0.2, 0.25) is 0 Å². The van der Waals surface area contributed by atoms with Gasteiger partial charge in [-0.3, -0.25) is 4.98 Å². The Bertz CT molecular complexity index is 623. The van der Waals surface area contributed by atoms with Crippen LogP contribution in [0.5, 0.6) is 0 Å². The largest absolute Gasteiger partial charge is 0.353 e. The number of fused-ring (bicyclic) bond motifs is 1. The molecule has 1 N–H and O–H groups in total. The average Bonchev–Trinajstić information content (AvgIpc) is 2.54. The minimum atomic E-state index is 0.663. The molecule has 2 rings (SSSR count). The first-order valence-corrected chi connectivity index (χ1v) is 4.78. The Hall–Kier alpha value is -1.77. The number of nitrogens with one attached hydrogen (secondary N) is 1. The van der Waals surface area contributed by atoms with Crippen LogP contribution in [-0.2, 0) is 0 Å². The number of hydrogen-bond acceptors (Lipinski definition) is 1. The number of rotatable bonds is 1. The Kier molecular flexibility index (Phi) is 2.46. The van der Waals surface area contributed by atoms with Crippen LogP contribution in [0.15, 0.2) is 24.9 Å². The van der Waals surface area contributed by atoms with Gasteiger partial charge < -0.3 is 4.98 Å². The second-order valence-electron chi connectivity index (χ2n) is 3.31. The molecule has 0 amide bonds. The van der Waals surface area contributed by atoms with Crippen molar-refractivity contribution in [3.8, 4) is 0 Å². The smallest absolute Gasteiger partial charge is 0.116 e. The number of nitrogens with zero attached hydrogens (tertiary/aromatic N) is 1. The van der Waals surface area contributed by atoms with Gasteiger partial charge in [0.25, 0.3) is 0 Å². The number of allylic oxidation sites excluding steroid dienone is 1. The Balaban J connectivity index is 2.98. The van der Waals surface area contributed by atoms with Crippen LogP contribution in [0.25, 0.3) is 23.2 Å². The number of aromatic nitrogens is 2. The number of pyridine rings is 1. The molecule has 0 aliphatic heterocycles. The molecule has 72 valence electrons.